The summed E-state index contributed by atoms with van der Waals surface area (Å²) in [4.78, 5) is 8.98. The van der Waals surface area contributed by atoms with Crippen LogP contribution in [0, 0.1) is 0 Å². The van der Waals surface area contributed by atoms with E-state index in [9.17, 15) is 0 Å². The molecule has 102 valence electrons. The van der Waals surface area contributed by atoms with Crippen molar-refractivity contribution in [3.8, 4) is 21.1 Å². The Morgan fingerprint density at radius 3 is 2.48 bits per heavy atom. The molecule has 0 amide bonds. The standard InChI is InChI=1S/C16H11N3S2/c17-12-4-1-10(2-5-12)11-3-6-13-14(9-11)21-16(19-13)15-18-7-8-20-15/h1-9H,17H2. The number of thiazole rings is 2. The molecule has 0 aliphatic heterocycles. The molecule has 5 heteroatoms. The molecule has 0 radical (unpaired) electrons. The van der Waals surface area contributed by atoms with Crippen LogP contribution in [-0.2, 0) is 0 Å². The molecule has 2 heterocycles. The molecule has 2 N–H and O–H groups in total. The lowest BCUT2D eigenvalue weighted by atomic mass is 10.1. The predicted octanol–water partition coefficient (Wildman–Crippen LogP) is 4.67. The van der Waals surface area contributed by atoms with Gasteiger partial charge in [0.15, 0.2) is 10.0 Å². The van der Waals surface area contributed by atoms with E-state index in [4.69, 9.17) is 5.73 Å². The number of aromatic nitrogens is 2. The number of fused-ring (bicyclic) bond motifs is 1. The maximum absolute atomic E-state index is 5.74. The summed E-state index contributed by atoms with van der Waals surface area (Å²) in [5.74, 6) is 0. The van der Waals surface area contributed by atoms with Gasteiger partial charge in [-0.2, -0.15) is 0 Å². The Bertz CT molecular complexity index is 893. The fraction of sp³-hybridized carbons (Fsp3) is 0. The summed E-state index contributed by atoms with van der Waals surface area (Å²) in [6.07, 6.45) is 1.81. The Kier molecular flexibility index (Phi) is 2.94. The number of hydrogen-bond acceptors (Lipinski definition) is 5. The highest BCUT2D eigenvalue weighted by Gasteiger charge is 2.09. The zero-order chi connectivity index (χ0) is 14.2. The third kappa shape index (κ3) is 2.30. The van der Waals surface area contributed by atoms with Gasteiger partial charge in [0.25, 0.3) is 0 Å². The maximum atomic E-state index is 5.74. The molecule has 0 saturated heterocycles. The molecular weight excluding hydrogens is 298 g/mol. The summed E-state index contributed by atoms with van der Waals surface area (Å²) in [6, 6.07) is 14.3. The van der Waals surface area contributed by atoms with E-state index in [1.54, 1.807) is 22.7 Å². The zero-order valence-corrected chi connectivity index (χ0v) is 12.6. The normalized spacial score (nSPS) is 11.0. The van der Waals surface area contributed by atoms with Gasteiger partial charge >= 0.3 is 0 Å². The van der Waals surface area contributed by atoms with Crippen LogP contribution in [0.5, 0.6) is 0 Å². The molecule has 0 unspecified atom stereocenters. The summed E-state index contributed by atoms with van der Waals surface area (Å²) in [7, 11) is 0. The van der Waals surface area contributed by atoms with Gasteiger partial charge in [-0.25, -0.2) is 9.97 Å². The second-order valence-electron chi connectivity index (χ2n) is 4.66. The molecule has 0 saturated carbocycles. The largest absolute Gasteiger partial charge is 0.399 e. The van der Waals surface area contributed by atoms with Crippen molar-refractivity contribution < 1.29 is 0 Å². The van der Waals surface area contributed by atoms with Gasteiger partial charge in [0, 0.05) is 17.3 Å². The van der Waals surface area contributed by atoms with Crippen LogP contribution in [0.2, 0.25) is 0 Å². The summed E-state index contributed by atoms with van der Waals surface area (Å²) >= 11 is 3.30. The van der Waals surface area contributed by atoms with Crippen molar-refractivity contribution >= 4 is 38.6 Å². The van der Waals surface area contributed by atoms with Gasteiger partial charge in [-0.05, 0) is 35.4 Å². The fourth-order valence-electron chi connectivity index (χ4n) is 2.20. The Hall–Kier alpha value is -2.24. The summed E-state index contributed by atoms with van der Waals surface area (Å²) < 4.78 is 1.18. The SMILES string of the molecule is Nc1ccc(-c2ccc3nc(-c4nccs4)sc3c2)cc1. The Labute approximate surface area is 129 Å². The van der Waals surface area contributed by atoms with Crippen LogP contribution in [0.3, 0.4) is 0 Å². The van der Waals surface area contributed by atoms with Gasteiger partial charge in [0.05, 0.1) is 10.2 Å². The number of rotatable bonds is 2. The molecule has 4 aromatic rings. The van der Waals surface area contributed by atoms with E-state index in [0.717, 1.165) is 26.8 Å². The lowest BCUT2D eigenvalue weighted by Gasteiger charge is -2.01. The van der Waals surface area contributed by atoms with Crippen LogP contribution in [0.1, 0.15) is 0 Å². The van der Waals surface area contributed by atoms with E-state index in [-0.39, 0.29) is 0 Å². The minimum Gasteiger partial charge on any atom is -0.399 e. The van der Waals surface area contributed by atoms with Crippen molar-refractivity contribution in [3.63, 3.8) is 0 Å². The average molecular weight is 309 g/mol. The van der Waals surface area contributed by atoms with E-state index < -0.39 is 0 Å². The second-order valence-corrected chi connectivity index (χ2v) is 6.59. The highest BCUT2D eigenvalue weighted by Crippen LogP contribution is 2.33. The molecule has 2 aromatic carbocycles. The summed E-state index contributed by atoms with van der Waals surface area (Å²) in [5.41, 5.74) is 9.88. The van der Waals surface area contributed by atoms with E-state index in [1.807, 2.05) is 35.8 Å². The first-order valence-corrected chi connectivity index (χ1v) is 8.15. The number of hydrogen-bond donors (Lipinski definition) is 1. The van der Waals surface area contributed by atoms with Crippen molar-refractivity contribution in [2.75, 3.05) is 5.73 Å². The number of nitrogens with zero attached hydrogens (tertiary/aromatic N) is 2. The molecule has 4 rings (SSSR count). The topological polar surface area (TPSA) is 51.8 Å². The smallest absolute Gasteiger partial charge is 0.153 e. The molecular formula is C16H11N3S2. The molecule has 0 aliphatic rings. The van der Waals surface area contributed by atoms with Crippen molar-refractivity contribution in [1.82, 2.24) is 9.97 Å². The first-order chi connectivity index (χ1) is 10.3. The van der Waals surface area contributed by atoms with Gasteiger partial charge in [-0.15, -0.1) is 22.7 Å². The molecule has 21 heavy (non-hydrogen) atoms. The highest BCUT2D eigenvalue weighted by atomic mass is 32.1. The van der Waals surface area contributed by atoms with Crippen molar-refractivity contribution in [2.45, 2.75) is 0 Å². The number of benzene rings is 2. The lowest BCUT2D eigenvalue weighted by molar-refractivity contribution is 1.38. The van der Waals surface area contributed by atoms with Crippen LogP contribution in [0.25, 0.3) is 31.4 Å². The fourth-order valence-corrected chi connectivity index (χ4v) is 3.88. The van der Waals surface area contributed by atoms with Gasteiger partial charge in [-0.1, -0.05) is 18.2 Å². The number of nitrogen functional groups attached to an aromatic ring is 1. The summed E-state index contributed by atoms with van der Waals surface area (Å²) in [6.45, 7) is 0. The monoisotopic (exact) mass is 309 g/mol. The zero-order valence-electron chi connectivity index (χ0n) is 11.0. The van der Waals surface area contributed by atoms with Crippen LogP contribution >= 0.6 is 22.7 Å². The van der Waals surface area contributed by atoms with Crippen molar-refractivity contribution in [1.29, 1.82) is 0 Å². The van der Waals surface area contributed by atoms with E-state index in [2.05, 4.69) is 28.2 Å². The van der Waals surface area contributed by atoms with Crippen LogP contribution in [0.15, 0.2) is 54.0 Å². The van der Waals surface area contributed by atoms with Crippen LogP contribution in [-0.4, -0.2) is 9.97 Å². The first-order valence-electron chi connectivity index (χ1n) is 6.46. The van der Waals surface area contributed by atoms with Crippen LogP contribution < -0.4 is 5.73 Å². The van der Waals surface area contributed by atoms with Crippen LogP contribution in [0.4, 0.5) is 5.69 Å². The minimum atomic E-state index is 0.781. The third-order valence-electron chi connectivity index (χ3n) is 3.25. The molecule has 3 nitrogen and oxygen atoms in total. The Morgan fingerprint density at radius 2 is 1.71 bits per heavy atom. The number of nitrogens with two attached hydrogens (primary N) is 1. The Morgan fingerprint density at radius 1 is 0.905 bits per heavy atom. The van der Waals surface area contributed by atoms with E-state index in [0.29, 0.717) is 0 Å². The molecule has 2 aromatic heterocycles. The molecule has 0 spiro atoms. The van der Waals surface area contributed by atoms with Crippen molar-refractivity contribution in [3.05, 3.63) is 54.0 Å². The average Bonchev–Trinajstić information content (AvgIpc) is 3.16. The third-order valence-corrected chi connectivity index (χ3v) is 5.18. The van der Waals surface area contributed by atoms with E-state index >= 15 is 0 Å². The van der Waals surface area contributed by atoms with E-state index in [1.165, 1.54) is 10.3 Å². The van der Waals surface area contributed by atoms with Crippen molar-refractivity contribution in [2.24, 2.45) is 0 Å². The first kappa shape index (κ1) is 12.5. The number of anilines is 1. The lowest BCUT2D eigenvalue weighted by Crippen LogP contribution is -1.83. The molecule has 0 bridgehead atoms. The quantitative estimate of drug-likeness (QED) is 0.547. The van der Waals surface area contributed by atoms with Gasteiger partial charge in [0.2, 0.25) is 0 Å². The van der Waals surface area contributed by atoms with Gasteiger partial charge in [-0.3, -0.25) is 0 Å². The Balaban J connectivity index is 1.81. The second kappa shape index (κ2) is 4.95. The van der Waals surface area contributed by atoms with Gasteiger partial charge in [0.1, 0.15) is 0 Å². The maximum Gasteiger partial charge on any atom is 0.153 e. The molecule has 0 fully saturated rings. The summed E-state index contributed by atoms with van der Waals surface area (Å²) in [5, 5.41) is 3.93. The molecule has 0 aliphatic carbocycles. The highest BCUT2D eigenvalue weighted by molar-refractivity contribution is 7.25. The van der Waals surface area contributed by atoms with Gasteiger partial charge < -0.3 is 5.73 Å². The predicted molar refractivity (Wildman–Crippen MR) is 90.6 cm³/mol. The minimum absolute atomic E-state index is 0.781. The molecule has 0 atom stereocenters.